The third kappa shape index (κ3) is 4.43. The Morgan fingerprint density at radius 1 is 1.14 bits per heavy atom. The van der Waals surface area contributed by atoms with E-state index in [2.05, 4.69) is 34.7 Å². The van der Waals surface area contributed by atoms with Crippen molar-refractivity contribution in [1.82, 2.24) is 4.98 Å². The summed E-state index contributed by atoms with van der Waals surface area (Å²) in [4.78, 5) is 5.64. The average molecular weight is 342 g/mol. The molecule has 3 nitrogen and oxygen atoms in total. The highest BCUT2D eigenvalue weighted by atomic mass is 35.5. The van der Waals surface area contributed by atoms with E-state index in [9.17, 15) is 0 Å². The molecule has 6 heteroatoms. The molecule has 0 aliphatic rings. The average Bonchev–Trinajstić information content (AvgIpc) is 2.49. The van der Waals surface area contributed by atoms with Crippen LogP contribution in [0.3, 0.4) is 0 Å². The zero-order valence-electron chi connectivity index (χ0n) is 11.9. The fourth-order valence-corrected chi connectivity index (χ4v) is 2.69. The number of thioether (sulfide) groups is 1. The van der Waals surface area contributed by atoms with Crippen molar-refractivity contribution in [2.45, 2.75) is 18.2 Å². The first-order chi connectivity index (χ1) is 10.1. The van der Waals surface area contributed by atoms with Crippen LogP contribution in [-0.2, 0) is 0 Å². The number of benzene rings is 1. The summed E-state index contributed by atoms with van der Waals surface area (Å²) < 4.78 is 0. The minimum atomic E-state index is 0.497. The molecule has 0 aliphatic carbocycles. The minimum absolute atomic E-state index is 0.497. The van der Waals surface area contributed by atoms with Crippen molar-refractivity contribution in [1.29, 1.82) is 0 Å². The van der Waals surface area contributed by atoms with Crippen LogP contribution in [-0.4, -0.2) is 17.8 Å². The molecule has 0 fully saturated rings. The molecule has 1 aromatic carbocycles. The fraction of sp³-hybridized carbons (Fsp3) is 0.267. The molecule has 0 radical (unpaired) electrons. The van der Waals surface area contributed by atoms with Crippen molar-refractivity contribution < 1.29 is 0 Å². The lowest BCUT2D eigenvalue weighted by molar-refractivity contribution is 0.970. The van der Waals surface area contributed by atoms with Gasteiger partial charge >= 0.3 is 0 Å². The molecule has 112 valence electrons. The second kappa shape index (κ2) is 7.78. The maximum atomic E-state index is 6.22. The Morgan fingerprint density at radius 3 is 2.62 bits per heavy atom. The van der Waals surface area contributed by atoms with Crippen LogP contribution in [0.15, 0.2) is 35.2 Å². The van der Waals surface area contributed by atoms with Gasteiger partial charge in [0.1, 0.15) is 5.82 Å². The van der Waals surface area contributed by atoms with Crippen molar-refractivity contribution in [2.75, 3.05) is 23.4 Å². The molecule has 2 rings (SSSR count). The van der Waals surface area contributed by atoms with Gasteiger partial charge in [0, 0.05) is 17.1 Å². The van der Waals surface area contributed by atoms with E-state index in [-0.39, 0.29) is 0 Å². The number of halogens is 2. The van der Waals surface area contributed by atoms with Gasteiger partial charge in [-0.2, -0.15) is 0 Å². The van der Waals surface area contributed by atoms with Crippen LogP contribution < -0.4 is 10.6 Å². The van der Waals surface area contributed by atoms with Crippen LogP contribution in [0, 0.1) is 0 Å². The second-order valence-corrected chi connectivity index (χ2v) is 6.13. The van der Waals surface area contributed by atoms with Gasteiger partial charge in [-0.1, -0.05) is 36.2 Å². The Labute approximate surface area is 139 Å². The monoisotopic (exact) mass is 341 g/mol. The molecular formula is C15H17Cl2N3S. The quantitative estimate of drug-likeness (QED) is 0.663. The highest BCUT2D eigenvalue weighted by Gasteiger charge is 2.09. The minimum Gasteiger partial charge on any atom is -0.369 e. The standard InChI is InChI=1S/C15H17Cl2N3S/c1-3-7-18-14-12(16)9-13(17)15(20-14)19-10-5-4-6-11(8-10)21-2/h4-6,8-9H,3,7H2,1-2H3,(H2,18,19,20). The van der Waals surface area contributed by atoms with Crippen LogP contribution >= 0.6 is 35.0 Å². The number of pyridine rings is 1. The molecule has 0 bridgehead atoms. The van der Waals surface area contributed by atoms with Gasteiger partial charge in [-0.3, -0.25) is 0 Å². The van der Waals surface area contributed by atoms with E-state index in [0.29, 0.717) is 21.7 Å². The van der Waals surface area contributed by atoms with Gasteiger partial charge in [-0.25, -0.2) is 4.98 Å². The van der Waals surface area contributed by atoms with Crippen LogP contribution in [0.25, 0.3) is 0 Å². The molecule has 1 aromatic heterocycles. The van der Waals surface area contributed by atoms with Gasteiger partial charge in [-0.05, 0) is 36.9 Å². The number of anilines is 3. The fourth-order valence-electron chi connectivity index (χ4n) is 1.76. The Morgan fingerprint density at radius 2 is 1.90 bits per heavy atom. The number of nitrogens with one attached hydrogen (secondary N) is 2. The van der Waals surface area contributed by atoms with Gasteiger partial charge in [0.25, 0.3) is 0 Å². The zero-order chi connectivity index (χ0) is 15.2. The van der Waals surface area contributed by atoms with Crippen molar-refractivity contribution in [3.05, 3.63) is 40.4 Å². The van der Waals surface area contributed by atoms with Gasteiger partial charge in [0.15, 0.2) is 5.82 Å². The summed E-state index contributed by atoms with van der Waals surface area (Å²) in [6, 6.07) is 9.78. The van der Waals surface area contributed by atoms with Gasteiger partial charge < -0.3 is 10.6 Å². The van der Waals surface area contributed by atoms with Crippen molar-refractivity contribution in [3.8, 4) is 0 Å². The lowest BCUT2D eigenvalue weighted by Crippen LogP contribution is -2.04. The third-order valence-electron chi connectivity index (χ3n) is 2.80. The highest BCUT2D eigenvalue weighted by molar-refractivity contribution is 7.98. The summed E-state index contributed by atoms with van der Waals surface area (Å²) >= 11 is 14.1. The number of hydrogen-bond donors (Lipinski definition) is 2. The molecule has 1 heterocycles. The molecule has 0 aliphatic heterocycles. The van der Waals surface area contributed by atoms with E-state index in [1.165, 1.54) is 4.90 Å². The van der Waals surface area contributed by atoms with Crippen LogP contribution in [0.2, 0.25) is 10.0 Å². The molecule has 0 spiro atoms. The summed E-state index contributed by atoms with van der Waals surface area (Å²) in [5, 5.41) is 7.45. The summed E-state index contributed by atoms with van der Waals surface area (Å²) in [6.45, 7) is 2.90. The maximum absolute atomic E-state index is 6.22. The topological polar surface area (TPSA) is 37.0 Å². The lowest BCUT2D eigenvalue weighted by Gasteiger charge is -2.12. The van der Waals surface area contributed by atoms with E-state index in [0.717, 1.165) is 18.7 Å². The molecule has 0 amide bonds. The van der Waals surface area contributed by atoms with E-state index in [4.69, 9.17) is 23.2 Å². The molecular weight excluding hydrogens is 325 g/mol. The third-order valence-corrected chi connectivity index (χ3v) is 4.11. The largest absolute Gasteiger partial charge is 0.369 e. The predicted octanol–water partition coefficient (Wildman–Crippen LogP) is 5.68. The normalized spacial score (nSPS) is 10.5. The van der Waals surface area contributed by atoms with Gasteiger partial charge in [-0.15, -0.1) is 11.8 Å². The summed E-state index contributed by atoms with van der Waals surface area (Å²) in [6.07, 6.45) is 3.04. The number of hydrogen-bond acceptors (Lipinski definition) is 4. The van der Waals surface area contributed by atoms with E-state index in [1.54, 1.807) is 17.8 Å². The molecule has 0 saturated carbocycles. The number of aromatic nitrogens is 1. The highest BCUT2D eigenvalue weighted by Crippen LogP contribution is 2.31. The number of nitrogens with zero attached hydrogens (tertiary/aromatic N) is 1. The molecule has 2 N–H and O–H groups in total. The number of rotatable bonds is 6. The molecule has 0 saturated heterocycles. The first-order valence-electron chi connectivity index (χ1n) is 6.65. The van der Waals surface area contributed by atoms with Gasteiger partial charge in [0.05, 0.1) is 10.0 Å². The van der Waals surface area contributed by atoms with Crippen molar-refractivity contribution >= 4 is 52.3 Å². The first kappa shape index (κ1) is 16.3. The van der Waals surface area contributed by atoms with Crippen molar-refractivity contribution in [3.63, 3.8) is 0 Å². The molecule has 2 aromatic rings. The maximum Gasteiger partial charge on any atom is 0.151 e. The van der Waals surface area contributed by atoms with Crippen LogP contribution in [0.1, 0.15) is 13.3 Å². The smallest absolute Gasteiger partial charge is 0.151 e. The SMILES string of the molecule is CCCNc1nc(Nc2cccc(SC)c2)c(Cl)cc1Cl. The zero-order valence-corrected chi connectivity index (χ0v) is 14.2. The Hall–Kier alpha value is -1.10. The summed E-state index contributed by atoms with van der Waals surface area (Å²) in [5.41, 5.74) is 0.944. The molecule has 0 unspecified atom stereocenters. The van der Waals surface area contributed by atoms with E-state index < -0.39 is 0 Å². The van der Waals surface area contributed by atoms with E-state index in [1.807, 2.05) is 18.4 Å². The van der Waals surface area contributed by atoms with Crippen LogP contribution in [0.5, 0.6) is 0 Å². The Bertz CT molecular complexity index is 620. The summed E-state index contributed by atoms with van der Waals surface area (Å²) in [7, 11) is 0. The van der Waals surface area contributed by atoms with E-state index >= 15 is 0 Å². The van der Waals surface area contributed by atoms with Gasteiger partial charge in [0.2, 0.25) is 0 Å². The van der Waals surface area contributed by atoms with Crippen LogP contribution in [0.4, 0.5) is 17.3 Å². The second-order valence-electron chi connectivity index (χ2n) is 4.43. The molecule has 0 atom stereocenters. The lowest BCUT2D eigenvalue weighted by atomic mass is 10.3. The first-order valence-corrected chi connectivity index (χ1v) is 8.63. The predicted molar refractivity (Wildman–Crippen MR) is 94.5 cm³/mol. The Balaban J connectivity index is 2.25. The molecule has 21 heavy (non-hydrogen) atoms. The summed E-state index contributed by atoms with van der Waals surface area (Å²) in [5.74, 6) is 1.24. The van der Waals surface area contributed by atoms with Crippen molar-refractivity contribution in [2.24, 2.45) is 0 Å². The Kier molecular flexibility index (Phi) is 6.03.